The first-order valence-corrected chi connectivity index (χ1v) is 3.45. The lowest BCUT2D eigenvalue weighted by Gasteiger charge is -1.89. The minimum atomic E-state index is -0.684. The van der Waals surface area contributed by atoms with E-state index in [1.165, 1.54) is 6.07 Å². The number of benzene rings is 1. The van der Waals surface area contributed by atoms with Crippen LogP contribution in [-0.2, 0) is 6.67 Å². The predicted molar refractivity (Wildman–Crippen MR) is 40.5 cm³/mol. The highest BCUT2D eigenvalue weighted by Gasteiger charge is 2.09. The quantitative estimate of drug-likeness (QED) is 0.706. The van der Waals surface area contributed by atoms with Gasteiger partial charge in [-0.1, -0.05) is 11.2 Å². The van der Waals surface area contributed by atoms with E-state index >= 15 is 0 Å². The monoisotopic (exact) mass is 167 g/mol. The van der Waals surface area contributed by atoms with E-state index in [9.17, 15) is 9.50 Å². The van der Waals surface area contributed by atoms with E-state index < -0.39 is 6.67 Å². The van der Waals surface area contributed by atoms with E-state index in [2.05, 4.69) is 5.16 Å². The molecule has 0 unspecified atom stereocenters. The van der Waals surface area contributed by atoms with Gasteiger partial charge in [0.2, 0.25) is 5.58 Å². The Morgan fingerprint density at radius 3 is 3.08 bits per heavy atom. The Balaban J connectivity index is 2.80. The second kappa shape index (κ2) is 2.48. The molecule has 0 aliphatic heterocycles. The van der Waals surface area contributed by atoms with Crippen molar-refractivity contribution in [1.82, 2.24) is 5.16 Å². The Morgan fingerprint density at radius 2 is 2.33 bits per heavy atom. The summed E-state index contributed by atoms with van der Waals surface area (Å²) in [5.41, 5.74) is 0.464. The smallest absolute Gasteiger partial charge is 0.208 e. The highest BCUT2D eigenvalue weighted by atomic mass is 19.1. The van der Waals surface area contributed by atoms with Gasteiger partial charge >= 0.3 is 0 Å². The summed E-state index contributed by atoms with van der Waals surface area (Å²) in [7, 11) is 0. The van der Waals surface area contributed by atoms with Gasteiger partial charge in [-0.15, -0.1) is 0 Å². The first kappa shape index (κ1) is 7.09. The molecule has 0 saturated carbocycles. The van der Waals surface area contributed by atoms with Crippen LogP contribution in [0.1, 0.15) is 5.69 Å². The van der Waals surface area contributed by atoms with Crippen molar-refractivity contribution in [3.05, 3.63) is 23.9 Å². The van der Waals surface area contributed by atoms with E-state index in [1.54, 1.807) is 12.1 Å². The normalized spacial score (nSPS) is 10.8. The van der Waals surface area contributed by atoms with Gasteiger partial charge in [-0.05, 0) is 12.1 Å². The van der Waals surface area contributed by atoms with Crippen LogP contribution in [0.3, 0.4) is 0 Å². The fourth-order valence-corrected chi connectivity index (χ4v) is 1.09. The molecule has 62 valence electrons. The number of halogens is 1. The largest absolute Gasteiger partial charge is 0.504 e. The van der Waals surface area contributed by atoms with Gasteiger partial charge in [-0.2, -0.15) is 0 Å². The summed E-state index contributed by atoms with van der Waals surface area (Å²) in [5.74, 6) is -0.0142. The number of fused-ring (bicyclic) bond motifs is 1. The fraction of sp³-hybridized carbons (Fsp3) is 0.125. The molecule has 0 aliphatic carbocycles. The average molecular weight is 167 g/mol. The van der Waals surface area contributed by atoms with Gasteiger partial charge < -0.3 is 9.63 Å². The topological polar surface area (TPSA) is 46.3 Å². The molecule has 0 spiro atoms. The lowest BCUT2D eigenvalue weighted by Crippen LogP contribution is -1.76. The predicted octanol–water partition coefficient (Wildman–Crippen LogP) is 2.00. The number of para-hydroxylation sites is 1. The first-order valence-electron chi connectivity index (χ1n) is 3.45. The molecule has 0 atom stereocenters. The van der Waals surface area contributed by atoms with E-state index in [4.69, 9.17) is 4.52 Å². The molecule has 0 saturated heterocycles. The van der Waals surface area contributed by atoms with Crippen LogP contribution in [0.4, 0.5) is 4.39 Å². The van der Waals surface area contributed by atoms with Gasteiger partial charge in [0, 0.05) is 0 Å². The van der Waals surface area contributed by atoms with Crippen molar-refractivity contribution in [2.75, 3.05) is 0 Å². The van der Waals surface area contributed by atoms with E-state index in [1.807, 2.05) is 0 Å². The van der Waals surface area contributed by atoms with Crippen molar-refractivity contribution in [1.29, 1.82) is 0 Å². The Kier molecular flexibility index (Phi) is 1.46. The molecule has 1 aromatic heterocycles. The Hall–Kier alpha value is -1.58. The number of hydrogen-bond acceptors (Lipinski definition) is 3. The van der Waals surface area contributed by atoms with Crippen LogP contribution in [0.5, 0.6) is 5.75 Å². The van der Waals surface area contributed by atoms with E-state index in [0.717, 1.165) is 0 Å². The van der Waals surface area contributed by atoms with Crippen molar-refractivity contribution in [3.63, 3.8) is 0 Å². The average Bonchev–Trinajstić information content (AvgIpc) is 2.49. The molecule has 12 heavy (non-hydrogen) atoms. The maximum atomic E-state index is 12.2. The van der Waals surface area contributed by atoms with Crippen LogP contribution >= 0.6 is 0 Å². The first-order chi connectivity index (χ1) is 5.83. The summed E-state index contributed by atoms with van der Waals surface area (Å²) in [6.07, 6.45) is 0. The number of alkyl halides is 1. The van der Waals surface area contributed by atoms with Crippen LogP contribution < -0.4 is 0 Å². The molecule has 4 heteroatoms. The van der Waals surface area contributed by atoms with Crippen molar-refractivity contribution >= 4 is 11.0 Å². The van der Waals surface area contributed by atoms with Crippen LogP contribution in [0.25, 0.3) is 11.0 Å². The highest BCUT2D eigenvalue weighted by Crippen LogP contribution is 2.26. The van der Waals surface area contributed by atoms with Crippen molar-refractivity contribution in [2.24, 2.45) is 0 Å². The second-order valence-corrected chi connectivity index (χ2v) is 2.42. The Bertz CT molecular complexity index is 410. The zero-order valence-corrected chi connectivity index (χ0v) is 6.12. The van der Waals surface area contributed by atoms with E-state index in [0.29, 0.717) is 5.39 Å². The SMILES string of the molecule is Oc1cccc2c(CF)noc12. The zero-order chi connectivity index (χ0) is 8.55. The number of nitrogens with zero attached hydrogens (tertiary/aromatic N) is 1. The molecule has 1 heterocycles. The summed E-state index contributed by atoms with van der Waals surface area (Å²) in [6, 6.07) is 4.74. The molecule has 0 bridgehead atoms. The summed E-state index contributed by atoms with van der Waals surface area (Å²) >= 11 is 0. The molecular weight excluding hydrogens is 161 g/mol. The lowest BCUT2D eigenvalue weighted by molar-refractivity contribution is 0.396. The number of phenols is 1. The summed E-state index contributed by atoms with van der Waals surface area (Å²) in [6.45, 7) is -0.684. The second-order valence-electron chi connectivity index (χ2n) is 2.42. The van der Waals surface area contributed by atoms with Gasteiger partial charge in [-0.25, -0.2) is 4.39 Å². The highest BCUT2D eigenvalue weighted by molar-refractivity contribution is 5.84. The van der Waals surface area contributed by atoms with Gasteiger partial charge in [-0.3, -0.25) is 0 Å². The number of rotatable bonds is 1. The molecule has 3 nitrogen and oxygen atoms in total. The fourth-order valence-electron chi connectivity index (χ4n) is 1.09. The van der Waals surface area contributed by atoms with Crippen molar-refractivity contribution < 1.29 is 14.0 Å². The number of phenolic OH excluding ortho intramolecular Hbond substituents is 1. The standard InChI is InChI=1S/C8H6FNO2/c9-4-6-5-2-1-3-7(11)8(5)12-10-6/h1-3,11H,4H2. The molecule has 0 fully saturated rings. The van der Waals surface area contributed by atoms with Gasteiger partial charge in [0.1, 0.15) is 12.4 Å². The maximum absolute atomic E-state index is 12.2. The third-order valence-electron chi connectivity index (χ3n) is 1.68. The zero-order valence-electron chi connectivity index (χ0n) is 6.12. The Morgan fingerprint density at radius 1 is 1.50 bits per heavy atom. The molecule has 0 amide bonds. The summed E-state index contributed by atoms with van der Waals surface area (Å²) in [5, 5.41) is 13.2. The van der Waals surface area contributed by atoms with Crippen molar-refractivity contribution in [3.8, 4) is 5.75 Å². The summed E-state index contributed by atoms with van der Waals surface area (Å²) < 4.78 is 16.9. The van der Waals surface area contributed by atoms with Gasteiger partial charge in [0.05, 0.1) is 5.39 Å². The third-order valence-corrected chi connectivity index (χ3v) is 1.68. The Labute approximate surface area is 67.4 Å². The molecule has 2 aromatic rings. The number of aromatic hydroxyl groups is 1. The number of hydrogen-bond donors (Lipinski definition) is 1. The molecular formula is C8H6FNO2. The molecule has 2 rings (SSSR count). The number of aromatic nitrogens is 1. The van der Waals surface area contributed by atoms with Crippen LogP contribution in [0, 0.1) is 0 Å². The van der Waals surface area contributed by atoms with E-state index in [-0.39, 0.29) is 17.0 Å². The lowest BCUT2D eigenvalue weighted by atomic mass is 10.2. The van der Waals surface area contributed by atoms with Gasteiger partial charge in [0.15, 0.2) is 5.75 Å². The summed E-state index contributed by atoms with van der Waals surface area (Å²) in [4.78, 5) is 0. The third kappa shape index (κ3) is 0.845. The minimum absolute atomic E-state index is 0.0142. The molecule has 0 aliphatic rings. The van der Waals surface area contributed by atoms with Gasteiger partial charge in [0.25, 0.3) is 0 Å². The minimum Gasteiger partial charge on any atom is -0.504 e. The van der Waals surface area contributed by atoms with Crippen LogP contribution in [-0.4, -0.2) is 10.3 Å². The molecule has 1 N–H and O–H groups in total. The van der Waals surface area contributed by atoms with Crippen molar-refractivity contribution in [2.45, 2.75) is 6.67 Å². The van der Waals surface area contributed by atoms with Crippen LogP contribution in [0.2, 0.25) is 0 Å². The van der Waals surface area contributed by atoms with Crippen LogP contribution in [0.15, 0.2) is 22.7 Å². The maximum Gasteiger partial charge on any atom is 0.208 e. The molecule has 1 aromatic carbocycles. The molecule has 0 radical (unpaired) electrons.